The largest absolute Gasteiger partial charge is 0.0622 e. The predicted octanol–water partition coefficient (Wildman–Crippen LogP) is 6.18. The Morgan fingerprint density at radius 3 is 1.83 bits per heavy atom. The van der Waals surface area contributed by atoms with Crippen LogP contribution in [0.5, 0.6) is 0 Å². The summed E-state index contributed by atoms with van der Waals surface area (Å²) in [7, 11) is 0. The average molecular weight is 300 g/mol. The molecular formula is C23H24. The molecule has 0 radical (unpaired) electrons. The third-order valence-corrected chi connectivity index (χ3v) is 4.66. The standard InChI is InChI=1S/C23H24/c1-18(21-11-5-3-6-12-21)16-20-10-9-15-23(17-20)19(2)22-13-7-4-8-14-22/h3-15,17-19H,16H2,1-2H3. The summed E-state index contributed by atoms with van der Waals surface area (Å²) >= 11 is 0. The van der Waals surface area contributed by atoms with Crippen molar-refractivity contribution >= 4 is 0 Å². The molecule has 0 aromatic heterocycles. The minimum Gasteiger partial charge on any atom is -0.0622 e. The fraction of sp³-hybridized carbons (Fsp3) is 0.217. The van der Waals surface area contributed by atoms with Crippen LogP contribution in [0, 0.1) is 0 Å². The van der Waals surface area contributed by atoms with Gasteiger partial charge in [-0.15, -0.1) is 0 Å². The second kappa shape index (κ2) is 7.28. The Hall–Kier alpha value is -2.34. The van der Waals surface area contributed by atoms with Crippen molar-refractivity contribution in [3.05, 3.63) is 107 Å². The summed E-state index contributed by atoms with van der Waals surface area (Å²) in [4.78, 5) is 0. The summed E-state index contributed by atoms with van der Waals surface area (Å²) in [6.07, 6.45) is 1.08. The second-order valence-electron chi connectivity index (χ2n) is 6.39. The molecule has 0 spiro atoms. The van der Waals surface area contributed by atoms with E-state index in [0.717, 1.165) is 6.42 Å². The van der Waals surface area contributed by atoms with Crippen LogP contribution in [0.15, 0.2) is 84.9 Å². The summed E-state index contributed by atoms with van der Waals surface area (Å²) in [6, 6.07) is 30.6. The fourth-order valence-electron chi connectivity index (χ4n) is 3.18. The van der Waals surface area contributed by atoms with Gasteiger partial charge in [0.2, 0.25) is 0 Å². The normalized spacial score (nSPS) is 13.5. The van der Waals surface area contributed by atoms with Crippen molar-refractivity contribution in [2.75, 3.05) is 0 Å². The molecule has 0 aliphatic heterocycles. The highest BCUT2D eigenvalue weighted by atomic mass is 14.1. The molecule has 0 saturated heterocycles. The van der Waals surface area contributed by atoms with Gasteiger partial charge in [0.05, 0.1) is 0 Å². The number of hydrogen-bond acceptors (Lipinski definition) is 0. The average Bonchev–Trinajstić information content (AvgIpc) is 2.63. The second-order valence-corrected chi connectivity index (χ2v) is 6.39. The highest BCUT2D eigenvalue weighted by molar-refractivity contribution is 5.35. The van der Waals surface area contributed by atoms with Crippen LogP contribution in [0.2, 0.25) is 0 Å². The van der Waals surface area contributed by atoms with Crippen LogP contribution in [0.1, 0.15) is 47.9 Å². The Balaban J connectivity index is 1.78. The molecule has 0 aliphatic carbocycles. The van der Waals surface area contributed by atoms with Gasteiger partial charge < -0.3 is 0 Å². The molecule has 3 rings (SSSR count). The molecule has 0 amide bonds. The molecule has 0 aliphatic rings. The molecule has 3 aromatic rings. The van der Waals surface area contributed by atoms with Crippen molar-refractivity contribution < 1.29 is 0 Å². The van der Waals surface area contributed by atoms with E-state index in [0.29, 0.717) is 11.8 Å². The van der Waals surface area contributed by atoms with Crippen LogP contribution in [0.4, 0.5) is 0 Å². The lowest BCUT2D eigenvalue weighted by Gasteiger charge is -2.16. The Labute approximate surface area is 139 Å². The first-order valence-electron chi connectivity index (χ1n) is 8.43. The first-order valence-corrected chi connectivity index (χ1v) is 8.43. The maximum absolute atomic E-state index is 2.37. The molecule has 0 N–H and O–H groups in total. The van der Waals surface area contributed by atoms with Gasteiger partial charge >= 0.3 is 0 Å². The molecule has 2 atom stereocenters. The molecule has 2 unspecified atom stereocenters. The van der Waals surface area contributed by atoms with Gasteiger partial charge in [-0.1, -0.05) is 98.8 Å². The molecule has 0 heterocycles. The van der Waals surface area contributed by atoms with Crippen LogP contribution < -0.4 is 0 Å². The smallest absolute Gasteiger partial charge is 0.00611 e. The lowest BCUT2D eigenvalue weighted by molar-refractivity contribution is 0.756. The minimum absolute atomic E-state index is 0.434. The van der Waals surface area contributed by atoms with E-state index < -0.39 is 0 Å². The minimum atomic E-state index is 0.434. The highest BCUT2D eigenvalue weighted by Gasteiger charge is 2.10. The van der Waals surface area contributed by atoms with Crippen LogP contribution in [0.25, 0.3) is 0 Å². The molecule has 3 aromatic carbocycles. The van der Waals surface area contributed by atoms with Gasteiger partial charge in [-0.05, 0) is 34.6 Å². The zero-order valence-electron chi connectivity index (χ0n) is 13.9. The molecule has 116 valence electrons. The van der Waals surface area contributed by atoms with Crippen molar-refractivity contribution in [3.8, 4) is 0 Å². The topological polar surface area (TPSA) is 0 Å². The Morgan fingerprint density at radius 2 is 1.17 bits per heavy atom. The molecule has 0 saturated carbocycles. The van der Waals surface area contributed by atoms with Crippen molar-refractivity contribution in [3.63, 3.8) is 0 Å². The Morgan fingerprint density at radius 1 is 0.609 bits per heavy atom. The summed E-state index contributed by atoms with van der Waals surface area (Å²) in [5.74, 6) is 0.974. The third kappa shape index (κ3) is 3.90. The van der Waals surface area contributed by atoms with Crippen molar-refractivity contribution in [1.82, 2.24) is 0 Å². The van der Waals surface area contributed by atoms with Crippen LogP contribution in [0.3, 0.4) is 0 Å². The van der Waals surface area contributed by atoms with Crippen molar-refractivity contribution in [2.45, 2.75) is 32.1 Å². The fourth-order valence-corrected chi connectivity index (χ4v) is 3.18. The summed E-state index contributed by atoms with van der Waals surface area (Å²) in [5.41, 5.74) is 5.60. The van der Waals surface area contributed by atoms with E-state index in [-0.39, 0.29) is 0 Å². The summed E-state index contributed by atoms with van der Waals surface area (Å²) in [5, 5.41) is 0. The van der Waals surface area contributed by atoms with E-state index in [1.165, 1.54) is 22.3 Å². The molecular weight excluding hydrogens is 276 g/mol. The van der Waals surface area contributed by atoms with E-state index in [9.17, 15) is 0 Å². The maximum Gasteiger partial charge on any atom is 0.00611 e. The first-order chi connectivity index (χ1) is 11.2. The van der Waals surface area contributed by atoms with Crippen LogP contribution in [-0.2, 0) is 6.42 Å². The Bertz CT molecular complexity index is 728. The lowest BCUT2D eigenvalue weighted by Crippen LogP contribution is -2.01. The van der Waals surface area contributed by atoms with Crippen molar-refractivity contribution in [1.29, 1.82) is 0 Å². The van der Waals surface area contributed by atoms with E-state index in [1.54, 1.807) is 0 Å². The summed E-state index contributed by atoms with van der Waals surface area (Å²) in [6.45, 7) is 4.59. The van der Waals surface area contributed by atoms with E-state index in [4.69, 9.17) is 0 Å². The quantitative estimate of drug-likeness (QED) is 0.527. The highest BCUT2D eigenvalue weighted by Crippen LogP contribution is 2.26. The van der Waals surface area contributed by atoms with E-state index in [1.807, 2.05) is 0 Å². The van der Waals surface area contributed by atoms with Gasteiger partial charge in [-0.2, -0.15) is 0 Å². The number of rotatable bonds is 5. The van der Waals surface area contributed by atoms with E-state index in [2.05, 4.69) is 98.8 Å². The van der Waals surface area contributed by atoms with Gasteiger partial charge in [-0.25, -0.2) is 0 Å². The molecule has 0 nitrogen and oxygen atoms in total. The van der Waals surface area contributed by atoms with Gasteiger partial charge in [0.25, 0.3) is 0 Å². The third-order valence-electron chi connectivity index (χ3n) is 4.66. The predicted molar refractivity (Wildman–Crippen MR) is 99.0 cm³/mol. The summed E-state index contributed by atoms with van der Waals surface area (Å²) < 4.78 is 0. The Kier molecular flexibility index (Phi) is 4.92. The van der Waals surface area contributed by atoms with Gasteiger partial charge in [0.1, 0.15) is 0 Å². The zero-order chi connectivity index (χ0) is 16.1. The molecule has 0 bridgehead atoms. The van der Waals surface area contributed by atoms with Crippen molar-refractivity contribution in [2.24, 2.45) is 0 Å². The zero-order valence-corrected chi connectivity index (χ0v) is 13.9. The SMILES string of the molecule is CC(Cc1cccc(C(C)c2ccccc2)c1)c1ccccc1. The van der Waals surface area contributed by atoms with Gasteiger partial charge in [0, 0.05) is 5.92 Å². The van der Waals surface area contributed by atoms with E-state index >= 15 is 0 Å². The maximum atomic E-state index is 2.37. The number of hydrogen-bond donors (Lipinski definition) is 0. The van der Waals surface area contributed by atoms with Crippen LogP contribution in [-0.4, -0.2) is 0 Å². The first kappa shape index (κ1) is 15.6. The molecule has 0 heteroatoms. The molecule has 0 fully saturated rings. The van der Waals surface area contributed by atoms with Gasteiger partial charge in [-0.3, -0.25) is 0 Å². The lowest BCUT2D eigenvalue weighted by atomic mass is 9.89. The van der Waals surface area contributed by atoms with Crippen LogP contribution >= 0.6 is 0 Å². The monoisotopic (exact) mass is 300 g/mol. The molecule has 23 heavy (non-hydrogen) atoms. The van der Waals surface area contributed by atoms with Gasteiger partial charge in [0.15, 0.2) is 0 Å². The number of benzene rings is 3.